The molecule has 1 fully saturated rings. The summed E-state index contributed by atoms with van der Waals surface area (Å²) in [5.74, 6) is 1.40. The van der Waals surface area contributed by atoms with Crippen molar-refractivity contribution < 1.29 is 9.53 Å². The van der Waals surface area contributed by atoms with Gasteiger partial charge in [0.2, 0.25) is 0 Å². The molecule has 2 atom stereocenters. The zero-order valence-corrected chi connectivity index (χ0v) is 12.6. The molecule has 1 aromatic carbocycles. The summed E-state index contributed by atoms with van der Waals surface area (Å²) in [7, 11) is 1.95. The summed E-state index contributed by atoms with van der Waals surface area (Å²) >= 11 is 0. The molecule has 1 aliphatic rings. The first-order valence-corrected chi connectivity index (χ1v) is 7.27. The number of carbonyl (C=O) groups excluding carboxylic acids is 1. The van der Waals surface area contributed by atoms with Crippen molar-refractivity contribution in [3.63, 3.8) is 0 Å². The molecule has 1 N–H and O–H groups in total. The topological polar surface area (TPSA) is 41.6 Å². The maximum Gasteiger partial charge on any atom is 0.263 e. The van der Waals surface area contributed by atoms with Gasteiger partial charge in [0.1, 0.15) is 5.75 Å². The minimum absolute atomic E-state index is 0.0872. The average molecular weight is 276 g/mol. The molecule has 2 unspecified atom stereocenters. The Morgan fingerprint density at radius 1 is 1.45 bits per heavy atom. The minimum Gasteiger partial charge on any atom is -0.481 e. The molecule has 0 radical (unpaired) electrons. The monoisotopic (exact) mass is 276 g/mol. The molecule has 1 heterocycles. The highest BCUT2D eigenvalue weighted by Crippen LogP contribution is 2.19. The van der Waals surface area contributed by atoms with Gasteiger partial charge in [-0.1, -0.05) is 17.7 Å². The predicted octanol–water partition coefficient (Wildman–Crippen LogP) is 1.83. The SMILES string of the molecule is CNCC1CCN(C(=O)C(C)Oc2ccc(C)cc2)C1. The Labute approximate surface area is 121 Å². The minimum atomic E-state index is -0.425. The molecule has 1 amide bonds. The van der Waals surface area contributed by atoms with Crippen LogP contribution in [0.15, 0.2) is 24.3 Å². The zero-order valence-electron chi connectivity index (χ0n) is 12.6. The standard InChI is InChI=1S/C16H24N2O2/c1-12-4-6-15(7-5-12)20-13(2)16(19)18-9-8-14(11-18)10-17-3/h4-7,13-14,17H,8-11H2,1-3H3. The fraction of sp³-hybridized carbons (Fsp3) is 0.562. The van der Waals surface area contributed by atoms with Crippen LogP contribution in [0.1, 0.15) is 18.9 Å². The molecule has 1 saturated heterocycles. The van der Waals surface area contributed by atoms with Crippen LogP contribution in [0.2, 0.25) is 0 Å². The van der Waals surface area contributed by atoms with Crippen molar-refractivity contribution in [3.05, 3.63) is 29.8 Å². The Balaban J connectivity index is 1.87. The summed E-state index contributed by atoms with van der Waals surface area (Å²) in [6, 6.07) is 7.80. The second kappa shape index (κ2) is 6.75. The fourth-order valence-electron chi connectivity index (χ4n) is 2.62. The van der Waals surface area contributed by atoms with Crippen LogP contribution < -0.4 is 10.1 Å². The Morgan fingerprint density at radius 3 is 2.80 bits per heavy atom. The van der Waals surface area contributed by atoms with Gasteiger partial charge < -0.3 is 15.0 Å². The van der Waals surface area contributed by atoms with Crippen LogP contribution in [-0.4, -0.2) is 43.6 Å². The van der Waals surface area contributed by atoms with Crippen LogP contribution in [0, 0.1) is 12.8 Å². The third-order valence-electron chi connectivity index (χ3n) is 3.77. The van der Waals surface area contributed by atoms with E-state index >= 15 is 0 Å². The van der Waals surface area contributed by atoms with Gasteiger partial charge in [-0.15, -0.1) is 0 Å². The maximum atomic E-state index is 12.3. The normalized spacial score (nSPS) is 19.9. The Kier molecular flexibility index (Phi) is 5.01. The molecule has 1 aliphatic heterocycles. The second-order valence-electron chi connectivity index (χ2n) is 5.57. The first kappa shape index (κ1) is 14.9. The van der Waals surface area contributed by atoms with Gasteiger partial charge in [-0.2, -0.15) is 0 Å². The third kappa shape index (κ3) is 3.73. The smallest absolute Gasteiger partial charge is 0.263 e. The highest BCUT2D eigenvalue weighted by Gasteiger charge is 2.29. The maximum absolute atomic E-state index is 12.3. The predicted molar refractivity (Wildman–Crippen MR) is 79.9 cm³/mol. The number of nitrogens with one attached hydrogen (secondary N) is 1. The number of hydrogen-bond acceptors (Lipinski definition) is 3. The van der Waals surface area contributed by atoms with Crippen LogP contribution in [-0.2, 0) is 4.79 Å². The van der Waals surface area contributed by atoms with Crippen LogP contribution in [0.3, 0.4) is 0 Å². The van der Waals surface area contributed by atoms with E-state index in [2.05, 4.69) is 5.32 Å². The summed E-state index contributed by atoms with van der Waals surface area (Å²) in [4.78, 5) is 14.3. The van der Waals surface area contributed by atoms with Crippen molar-refractivity contribution in [2.45, 2.75) is 26.4 Å². The number of likely N-dealkylation sites (tertiary alicyclic amines) is 1. The van der Waals surface area contributed by atoms with Crippen LogP contribution in [0.25, 0.3) is 0 Å². The number of ether oxygens (including phenoxy) is 1. The van der Waals surface area contributed by atoms with E-state index in [0.29, 0.717) is 5.92 Å². The Bertz CT molecular complexity index is 444. The molecule has 0 aliphatic carbocycles. The van der Waals surface area contributed by atoms with Gasteiger partial charge in [0.05, 0.1) is 0 Å². The highest BCUT2D eigenvalue weighted by molar-refractivity contribution is 5.81. The molecular weight excluding hydrogens is 252 g/mol. The van der Waals surface area contributed by atoms with Gasteiger partial charge in [-0.05, 0) is 51.9 Å². The molecule has 0 bridgehead atoms. The number of carbonyl (C=O) groups is 1. The van der Waals surface area contributed by atoms with E-state index in [-0.39, 0.29) is 5.91 Å². The number of rotatable bonds is 5. The van der Waals surface area contributed by atoms with Crippen LogP contribution in [0.4, 0.5) is 0 Å². The van der Waals surface area contributed by atoms with E-state index in [1.54, 1.807) is 0 Å². The third-order valence-corrected chi connectivity index (χ3v) is 3.77. The van der Waals surface area contributed by atoms with E-state index in [4.69, 9.17) is 4.74 Å². The Hall–Kier alpha value is -1.55. The van der Waals surface area contributed by atoms with Crippen molar-refractivity contribution >= 4 is 5.91 Å². The zero-order chi connectivity index (χ0) is 14.5. The molecule has 4 heteroatoms. The number of amides is 1. The van der Waals surface area contributed by atoms with Crippen molar-refractivity contribution in [2.24, 2.45) is 5.92 Å². The van der Waals surface area contributed by atoms with E-state index in [0.717, 1.165) is 31.8 Å². The Morgan fingerprint density at radius 2 is 2.15 bits per heavy atom. The van der Waals surface area contributed by atoms with Crippen molar-refractivity contribution in [2.75, 3.05) is 26.7 Å². The lowest BCUT2D eigenvalue weighted by atomic mass is 10.1. The lowest BCUT2D eigenvalue weighted by Crippen LogP contribution is -2.39. The van der Waals surface area contributed by atoms with E-state index in [1.807, 2.05) is 50.1 Å². The number of aryl methyl sites for hydroxylation is 1. The first-order chi connectivity index (χ1) is 9.60. The molecule has 2 rings (SSSR count). The summed E-state index contributed by atoms with van der Waals surface area (Å²) in [5.41, 5.74) is 1.19. The van der Waals surface area contributed by atoms with Gasteiger partial charge >= 0.3 is 0 Å². The lowest BCUT2D eigenvalue weighted by molar-refractivity contribution is -0.137. The van der Waals surface area contributed by atoms with Gasteiger partial charge in [0, 0.05) is 13.1 Å². The fourth-order valence-corrected chi connectivity index (χ4v) is 2.62. The van der Waals surface area contributed by atoms with Crippen LogP contribution >= 0.6 is 0 Å². The lowest BCUT2D eigenvalue weighted by Gasteiger charge is -2.22. The molecule has 4 nitrogen and oxygen atoms in total. The van der Waals surface area contributed by atoms with Gasteiger partial charge in [-0.25, -0.2) is 0 Å². The number of nitrogens with zero attached hydrogens (tertiary/aromatic N) is 1. The van der Waals surface area contributed by atoms with Crippen molar-refractivity contribution in [1.82, 2.24) is 10.2 Å². The number of hydrogen-bond donors (Lipinski definition) is 1. The molecule has 0 aromatic heterocycles. The summed E-state index contributed by atoms with van der Waals surface area (Å²) in [6.07, 6.45) is 0.648. The largest absolute Gasteiger partial charge is 0.481 e. The van der Waals surface area contributed by atoms with E-state index < -0.39 is 6.10 Å². The molecule has 0 spiro atoms. The molecule has 0 saturated carbocycles. The first-order valence-electron chi connectivity index (χ1n) is 7.27. The van der Waals surface area contributed by atoms with E-state index in [9.17, 15) is 4.79 Å². The van der Waals surface area contributed by atoms with E-state index in [1.165, 1.54) is 5.56 Å². The molecule has 110 valence electrons. The van der Waals surface area contributed by atoms with Crippen molar-refractivity contribution in [1.29, 1.82) is 0 Å². The van der Waals surface area contributed by atoms with Gasteiger partial charge in [0.25, 0.3) is 5.91 Å². The quantitative estimate of drug-likeness (QED) is 0.892. The van der Waals surface area contributed by atoms with Crippen LogP contribution in [0.5, 0.6) is 5.75 Å². The summed E-state index contributed by atoms with van der Waals surface area (Å²) < 4.78 is 5.73. The van der Waals surface area contributed by atoms with Gasteiger partial charge in [-0.3, -0.25) is 4.79 Å². The van der Waals surface area contributed by atoms with Crippen molar-refractivity contribution in [3.8, 4) is 5.75 Å². The summed E-state index contributed by atoms with van der Waals surface area (Å²) in [5, 5.41) is 3.17. The molecule has 1 aromatic rings. The molecule has 20 heavy (non-hydrogen) atoms. The average Bonchev–Trinajstić information content (AvgIpc) is 2.89. The second-order valence-corrected chi connectivity index (χ2v) is 5.57. The summed E-state index contributed by atoms with van der Waals surface area (Å²) in [6.45, 7) is 6.50. The molecular formula is C16H24N2O2. The number of benzene rings is 1. The van der Waals surface area contributed by atoms with Gasteiger partial charge in [0.15, 0.2) is 6.10 Å². The highest BCUT2D eigenvalue weighted by atomic mass is 16.5.